The van der Waals surface area contributed by atoms with Gasteiger partial charge in [-0.15, -0.1) is 0 Å². The molecule has 0 radical (unpaired) electrons. The van der Waals surface area contributed by atoms with Crippen LogP contribution in [0.5, 0.6) is 0 Å². The molecule has 0 aliphatic heterocycles. The maximum Gasteiger partial charge on any atom is 0.489 e. The van der Waals surface area contributed by atoms with Crippen LogP contribution in [0.3, 0.4) is 0 Å². The second-order valence-electron chi connectivity index (χ2n) is 15.5. The first-order valence-electron chi connectivity index (χ1n) is 20.4. The predicted octanol–water partition coefficient (Wildman–Crippen LogP) is 14.0. The van der Waals surface area contributed by atoms with Gasteiger partial charge in [-0.2, -0.15) is 0 Å². The van der Waals surface area contributed by atoms with Crippen LogP contribution < -0.4 is 5.46 Å². The lowest BCUT2D eigenvalue weighted by Gasteiger charge is -2.23. The van der Waals surface area contributed by atoms with Gasteiger partial charge >= 0.3 is 7.12 Å². The van der Waals surface area contributed by atoms with E-state index >= 15 is 0 Å². The second-order valence-corrected chi connectivity index (χ2v) is 15.5. The van der Waals surface area contributed by atoms with Gasteiger partial charge in [-0.3, -0.25) is 0 Å². The van der Waals surface area contributed by atoms with Crippen LogP contribution in [-0.4, -0.2) is 17.2 Å². The Morgan fingerprint density at radius 2 is 0.833 bits per heavy atom. The maximum absolute atomic E-state index is 9.26. The summed E-state index contributed by atoms with van der Waals surface area (Å²) in [6, 6.07) is 64.7. The normalized spacial score (nSPS) is 11.4. The first kappa shape index (κ1) is 37.0. The molecule has 0 aliphatic carbocycles. The molecule has 2 nitrogen and oxygen atoms in total. The van der Waals surface area contributed by atoms with E-state index in [-0.39, 0.29) is 0 Å². The summed E-state index contributed by atoms with van der Waals surface area (Å²) >= 11 is 0. The van der Waals surface area contributed by atoms with Crippen molar-refractivity contribution in [3.05, 3.63) is 212 Å². The molecule has 0 aliphatic rings. The minimum atomic E-state index is -1.40. The number of hydrogen-bond donors (Lipinski definition) is 2. The van der Waals surface area contributed by atoms with Crippen LogP contribution in [0.1, 0.15) is 16.7 Å². The largest absolute Gasteiger partial charge is 0.489 e. The van der Waals surface area contributed by atoms with Crippen molar-refractivity contribution < 1.29 is 10.0 Å². The third-order valence-corrected chi connectivity index (χ3v) is 12.2. The summed E-state index contributed by atoms with van der Waals surface area (Å²) in [6.45, 7) is 10.6. The minimum absolute atomic E-state index is 0.600. The van der Waals surface area contributed by atoms with E-state index in [4.69, 9.17) is 0 Å². The second kappa shape index (κ2) is 15.1. The monoisotopic (exact) mass is 768 g/mol. The molecule has 3 heteroatoms. The van der Waals surface area contributed by atoms with Crippen molar-refractivity contribution in [3.63, 3.8) is 0 Å². The topological polar surface area (TPSA) is 40.5 Å². The number of fused-ring (bicyclic) bond motifs is 3. The van der Waals surface area contributed by atoms with Gasteiger partial charge in [0.1, 0.15) is 0 Å². The van der Waals surface area contributed by atoms with E-state index in [9.17, 15) is 10.0 Å². The van der Waals surface area contributed by atoms with Crippen LogP contribution in [0.4, 0.5) is 0 Å². The number of benzene rings is 11. The van der Waals surface area contributed by atoms with Crippen molar-refractivity contribution in [2.75, 3.05) is 0 Å². The Morgan fingerprint density at radius 3 is 1.43 bits per heavy atom. The Hall–Kier alpha value is -7.30. The lowest BCUT2D eigenvalue weighted by molar-refractivity contribution is 0.426. The zero-order chi connectivity index (χ0) is 40.9. The molecule has 60 heavy (non-hydrogen) atoms. The number of hydrogen-bond acceptors (Lipinski definition) is 2. The van der Waals surface area contributed by atoms with Gasteiger partial charge in [-0.25, -0.2) is 0 Å². The van der Waals surface area contributed by atoms with E-state index < -0.39 is 7.12 Å². The Morgan fingerprint density at radius 1 is 0.383 bits per heavy atom. The highest BCUT2D eigenvalue weighted by molar-refractivity contribution is 6.62. The molecule has 284 valence electrons. The number of aryl methyl sites for hydroxylation is 1. The molecule has 0 saturated heterocycles. The van der Waals surface area contributed by atoms with Crippen LogP contribution in [0.2, 0.25) is 0 Å². The summed E-state index contributed by atoms with van der Waals surface area (Å²) in [5.41, 5.74) is 11.0. The fourth-order valence-electron chi connectivity index (χ4n) is 9.56. The average molecular weight is 769 g/mol. The quantitative estimate of drug-likeness (QED) is 0.131. The molecule has 0 saturated carbocycles. The fraction of sp³-hybridized carbons (Fsp3) is 0.0175. The van der Waals surface area contributed by atoms with Crippen molar-refractivity contribution in [1.29, 1.82) is 0 Å². The Bertz CT molecular complexity index is 3450. The molecular weight excluding hydrogens is 727 g/mol. The molecular formula is C57H41BO2. The van der Waals surface area contributed by atoms with E-state index in [0.29, 0.717) is 5.46 Å². The van der Waals surface area contributed by atoms with Crippen molar-refractivity contribution in [1.82, 2.24) is 0 Å². The first-order chi connectivity index (χ1) is 29.5. The van der Waals surface area contributed by atoms with Gasteiger partial charge < -0.3 is 10.0 Å². The first-order valence-corrected chi connectivity index (χ1v) is 20.4. The molecule has 0 atom stereocenters. The summed E-state index contributed by atoms with van der Waals surface area (Å²) in [7, 11) is -1.40. The molecule has 0 unspecified atom stereocenters. The smallest absolute Gasteiger partial charge is 0.423 e. The molecule has 11 aromatic rings. The molecule has 0 aromatic heterocycles. The molecule has 11 aromatic carbocycles. The van der Waals surface area contributed by atoms with E-state index in [1.165, 1.54) is 87.2 Å². The van der Waals surface area contributed by atoms with Crippen LogP contribution in [0.25, 0.3) is 110 Å². The lowest BCUT2D eigenvalue weighted by Crippen LogP contribution is -2.32. The highest BCUT2D eigenvalue weighted by Crippen LogP contribution is 2.48. The summed E-state index contributed by atoms with van der Waals surface area (Å²) in [4.78, 5) is 0. The minimum Gasteiger partial charge on any atom is -0.423 e. The van der Waals surface area contributed by atoms with Crippen LogP contribution in [0, 0.1) is 6.92 Å². The summed E-state index contributed by atoms with van der Waals surface area (Å²) in [5, 5.41) is 33.0. The van der Waals surface area contributed by atoms with E-state index in [0.717, 1.165) is 27.5 Å². The molecule has 0 amide bonds. The fourth-order valence-corrected chi connectivity index (χ4v) is 9.56. The Labute approximate surface area is 350 Å². The Kier molecular flexibility index (Phi) is 9.34. The average Bonchev–Trinajstić information content (AvgIpc) is 3.30. The van der Waals surface area contributed by atoms with Crippen molar-refractivity contribution in [2.45, 2.75) is 6.92 Å². The van der Waals surface area contributed by atoms with Gasteiger partial charge in [0.15, 0.2) is 0 Å². The predicted molar refractivity (Wildman–Crippen MR) is 260 cm³/mol. The summed E-state index contributed by atoms with van der Waals surface area (Å²) < 4.78 is 0. The molecule has 11 rings (SSSR count). The molecule has 0 spiro atoms. The van der Waals surface area contributed by atoms with Gasteiger partial charge in [-0.1, -0.05) is 213 Å². The van der Waals surface area contributed by atoms with Crippen LogP contribution in [0.15, 0.2) is 195 Å². The number of rotatable bonds is 6. The SMILES string of the molecule is C=Cc1c(C=C)c(-c2ccc3ccc4c(-c5ccccc5)ccc5ccc2c3c54)c2ccccc2c1-c1cccc2ccccc12.Cc1ccc2ccccc2c1B(O)O. The van der Waals surface area contributed by atoms with Crippen molar-refractivity contribution in [2.24, 2.45) is 0 Å². The highest BCUT2D eigenvalue weighted by atomic mass is 16.4. The third kappa shape index (κ3) is 5.98. The van der Waals surface area contributed by atoms with Gasteiger partial charge in [0.2, 0.25) is 0 Å². The van der Waals surface area contributed by atoms with Gasteiger partial charge in [0, 0.05) is 0 Å². The maximum atomic E-state index is 9.26. The highest BCUT2D eigenvalue weighted by Gasteiger charge is 2.23. The van der Waals surface area contributed by atoms with Crippen molar-refractivity contribution in [3.8, 4) is 33.4 Å². The zero-order valence-electron chi connectivity index (χ0n) is 33.4. The molecule has 2 N–H and O–H groups in total. The van der Waals surface area contributed by atoms with E-state index in [1.807, 2.05) is 55.5 Å². The molecule has 0 bridgehead atoms. The van der Waals surface area contributed by atoms with Crippen LogP contribution in [-0.2, 0) is 0 Å². The van der Waals surface area contributed by atoms with Gasteiger partial charge in [0.05, 0.1) is 0 Å². The van der Waals surface area contributed by atoms with E-state index in [2.05, 4.69) is 159 Å². The standard InChI is InChI=1S/C46H30.C11H11BO2/c1-3-33-34(4-2)46(39-19-11-10-18-38(39)45(33)37-20-12-16-30-15-8-9-17-35(30)37)42-28-24-32-22-26-40-36(29-13-6-5-7-14-29)25-21-31-23-27-41(42)44(32)43(31)40;1-8-6-7-9-4-2-3-5-10(9)11(8)12(13)14/h3-28H,1-2H2;2-7,13-14H,1H3. The van der Waals surface area contributed by atoms with Gasteiger partial charge in [-0.05, 0) is 122 Å². The zero-order valence-corrected chi connectivity index (χ0v) is 33.4. The summed E-state index contributed by atoms with van der Waals surface area (Å²) in [6.07, 6.45) is 4.05. The van der Waals surface area contributed by atoms with E-state index in [1.54, 1.807) is 0 Å². The molecule has 0 heterocycles. The third-order valence-electron chi connectivity index (χ3n) is 12.2. The summed E-state index contributed by atoms with van der Waals surface area (Å²) in [5.74, 6) is 0. The van der Waals surface area contributed by atoms with Crippen molar-refractivity contribution >= 4 is 89.4 Å². The molecule has 0 fully saturated rings. The van der Waals surface area contributed by atoms with Gasteiger partial charge in [0.25, 0.3) is 0 Å². The lowest BCUT2D eigenvalue weighted by atomic mass is 9.74. The van der Waals surface area contributed by atoms with Crippen LogP contribution >= 0.6 is 0 Å². The Balaban J connectivity index is 0.000000262.